The summed E-state index contributed by atoms with van der Waals surface area (Å²) in [4.78, 5) is 24.5. The molecule has 3 aromatic rings. The number of carbonyl (C=O) groups is 1. The zero-order valence-corrected chi connectivity index (χ0v) is 18.2. The van der Waals surface area contributed by atoms with Crippen LogP contribution >= 0.6 is 0 Å². The number of halogens is 3. The van der Waals surface area contributed by atoms with Crippen molar-refractivity contribution in [3.8, 4) is 6.07 Å². The van der Waals surface area contributed by atoms with Crippen molar-refractivity contribution in [3.05, 3.63) is 58.2 Å². The molecule has 1 aliphatic heterocycles. The third kappa shape index (κ3) is 4.80. The van der Waals surface area contributed by atoms with Crippen molar-refractivity contribution in [2.75, 3.05) is 26.2 Å². The average Bonchev–Trinajstić information content (AvgIpc) is 3.22. The number of rotatable bonds is 4. The van der Waals surface area contributed by atoms with Crippen LogP contribution in [0.4, 0.5) is 13.2 Å². The molecule has 1 fully saturated rings. The molecule has 0 atom stereocenters. The highest BCUT2D eigenvalue weighted by Crippen LogP contribution is 2.27. The van der Waals surface area contributed by atoms with E-state index >= 15 is 0 Å². The number of aryl methyl sites for hydroxylation is 2. The molecule has 0 bridgehead atoms. The van der Waals surface area contributed by atoms with E-state index in [-0.39, 0.29) is 18.1 Å². The van der Waals surface area contributed by atoms with Gasteiger partial charge in [-0.1, -0.05) is 12.1 Å². The van der Waals surface area contributed by atoms with Gasteiger partial charge in [0.25, 0.3) is 11.6 Å². The Morgan fingerprint density at radius 1 is 1.09 bits per heavy atom. The molecule has 0 spiro atoms. The second-order valence-corrected chi connectivity index (χ2v) is 8.05. The zero-order valence-electron chi connectivity index (χ0n) is 18.2. The fourth-order valence-electron chi connectivity index (χ4n) is 3.95. The second-order valence-electron chi connectivity index (χ2n) is 8.05. The van der Waals surface area contributed by atoms with E-state index in [2.05, 4.69) is 26.0 Å². The molecule has 1 saturated heterocycles. The first-order valence-electron chi connectivity index (χ1n) is 10.4. The fraction of sp³-hybridized carbons (Fsp3) is 0.409. The lowest BCUT2D eigenvalue weighted by molar-refractivity contribution is -0.144. The van der Waals surface area contributed by atoms with Crippen LogP contribution in [0, 0.1) is 25.2 Å². The van der Waals surface area contributed by atoms with Crippen molar-refractivity contribution in [2.45, 2.75) is 33.0 Å². The standard InChI is InChI=1S/C22H22F3N7O/c1-14-18(15(2)32-21(27-14)28-20(29-32)22(23,24)25)11-19(33)31-9-7-30(8-10-31)13-17-5-3-16(12-26)4-6-17/h3-6H,7-11,13H2,1-2H3. The number of alkyl halides is 3. The summed E-state index contributed by atoms with van der Waals surface area (Å²) in [5.41, 5.74) is 3.17. The van der Waals surface area contributed by atoms with Crippen LogP contribution in [-0.4, -0.2) is 61.5 Å². The number of benzene rings is 1. The Morgan fingerprint density at radius 2 is 1.76 bits per heavy atom. The predicted octanol–water partition coefficient (Wildman–Crippen LogP) is 2.52. The van der Waals surface area contributed by atoms with E-state index in [1.54, 1.807) is 30.9 Å². The lowest BCUT2D eigenvalue weighted by Crippen LogP contribution is -2.48. The Balaban J connectivity index is 1.41. The minimum absolute atomic E-state index is 0.0391. The first-order valence-corrected chi connectivity index (χ1v) is 10.4. The van der Waals surface area contributed by atoms with E-state index in [1.165, 1.54) is 0 Å². The summed E-state index contributed by atoms with van der Waals surface area (Å²) in [6, 6.07) is 9.54. The molecule has 0 aliphatic carbocycles. The third-order valence-corrected chi connectivity index (χ3v) is 5.84. The van der Waals surface area contributed by atoms with Crippen LogP contribution in [0.1, 0.15) is 33.9 Å². The molecule has 0 saturated carbocycles. The maximum atomic E-state index is 13.0. The van der Waals surface area contributed by atoms with Crippen LogP contribution in [0.25, 0.3) is 5.78 Å². The Kier molecular flexibility index (Phi) is 6.03. The summed E-state index contributed by atoms with van der Waals surface area (Å²) in [6.07, 6.45) is -4.63. The number of hydrogen-bond donors (Lipinski definition) is 0. The van der Waals surface area contributed by atoms with Crippen LogP contribution in [0.15, 0.2) is 24.3 Å². The van der Waals surface area contributed by atoms with E-state index in [0.717, 1.165) is 16.6 Å². The minimum Gasteiger partial charge on any atom is -0.340 e. The van der Waals surface area contributed by atoms with Crippen molar-refractivity contribution in [1.82, 2.24) is 29.4 Å². The summed E-state index contributed by atoms with van der Waals surface area (Å²) in [7, 11) is 0. The third-order valence-electron chi connectivity index (χ3n) is 5.84. The number of carbonyl (C=O) groups excluding carboxylic acids is 1. The van der Waals surface area contributed by atoms with Crippen molar-refractivity contribution in [1.29, 1.82) is 5.26 Å². The van der Waals surface area contributed by atoms with Gasteiger partial charge in [-0.05, 0) is 31.5 Å². The molecule has 33 heavy (non-hydrogen) atoms. The first kappa shape index (κ1) is 22.7. The van der Waals surface area contributed by atoms with Crippen LogP contribution in [-0.2, 0) is 23.9 Å². The summed E-state index contributed by atoms with van der Waals surface area (Å²) in [5, 5.41) is 12.4. The summed E-state index contributed by atoms with van der Waals surface area (Å²) < 4.78 is 40.0. The highest BCUT2D eigenvalue weighted by atomic mass is 19.4. The van der Waals surface area contributed by atoms with Gasteiger partial charge in [0.05, 0.1) is 18.1 Å². The number of nitriles is 1. The maximum absolute atomic E-state index is 13.0. The van der Waals surface area contributed by atoms with Crippen molar-refractivity contribution in [2.24, 2.45) is 0 Å². The number of hydrogen-bond acceptors (Lipinski definition) is 6. The van der Waals surface area contributed by atoms with Gasteiger partial charge >= 0.3 is 6.18 Å². The first-order chi connectivity index (χ1) is 15.7. The Bertz CT molecular complexity index is 1220. The average molecular weight is 457 g/mol. The summed E-state index contributed by atoms with van der Waals surface area (Å²) >= 11 is 0. The SMILES string of the molecule is Cc1nc2nc(C(F)(F)F)nn2c(C)c1CC(=O)N1CCN(Cc2ccc(C#N)cc2)CC1. The molecule has 4 rings (SSSR count). The van der Waals surface area contributed by atoms with Gasteiger partial charge < -0.3 is 4.90 Å². The maximum Gasteiger partial charge on any atom is 0.453 e. The summed E-state index contributed by atoms with van der Waals surface area (Å²) in [5.74, 6) is -1.49. The Hall–Kier alpha value is -3.52. The highest BCUT2D eigenvalue weighted by Gasteiger charge is 2.37. The topological polar surface area (TPSA) is 90.4 Å². The number of nitrogens with zero attached hydrogens (tertiary/aromatic N) is 7. The molecular formula is C22H22F3N7O. The molecule has 0 N–H and O–H groups in total. The number of fused-ring (bicyclic) bond motifs is 1. The molecule has 1 amide bonds. The van der Waals surface area contributed by atoms with Crippen LogP contribution in [0.2, 0.25) is 0 Å². The monoisotopic (exact) mass is 457 g/mol. The molecule has 11 heteroatoms. The molecule has 172 valence electrons. The van der Waals surface area contributed by atoms with Crippen LogP contribution < -0.4 is 0 Å². The predicted molar refractivity (Wildman–Crippen MR) is 112 cm³/mol. The van der Waals surface area contributed by atoms with Gasteiger partial charge in [-0.25, -0.2) is 9.50 Å². The van der Waals surface area contributed by atoms with E-state index in [9.17, 15) is 18.0 Å². The molecule has 1 aliphatic rings. The second kappa shape index (κ2) is 8.78. The quantitative estimate of drug-likeness (QED) is 0.598. The molecule has 2 aromatic heterocycles. The smallest absolute Gasteiger partial charge is 0.340 e. The van der Waals surface area contributed by atoms with Crippen LogP contribution in [0.5, 0.6) is 0 Å². The largest absolute Gasteiger partial charge is 0.453 e. The van der Waals surface area contributed by atoms with Gasteiger partial charge in [0.1, 0.15) is 0 Å². The van der Waals surface area contributed by atoms with E-state index in [0.29, 0.717) is 48.7 Å². The molecule has 3 heterocycles. The highest BCUT2D eigenvalue weighted by molar-refractivity contribution is 5.79. The molecule has 1 aromatic carbocycles. The molecule has 8 nitrogen and oxygen atoms in total. The van der Waals surface area contributed by atoms with Crippen LogP contribution in [0.3, 0.4) is 0 Å². The van der Waals surface area contributed by atoms with Gasteiger partial charge in [0, 0.05) is 49.7 Å². The lowest BCUT2D eigenvalue weighted by Gasteiger charge is -2.35. The normalized spacial score (nSPS) is 15.1. The van der Waals surface area contributed by atoms with E-state index in [4.69, 9.17) is 5.26 Å². The van der Waals surface area contributed by atoms with Crippen molar-refractivity contribution >= 4 is 11.7 Å². The lowest BCUT2D eigenvalue weighted by atomic mass is 10.1. The summed E-state index contributed by atoms with van der Waals surface area (Å²) in [6.45, 7) is 6.55. The van der Waals surface area contributed by atoms with Gasteiger partial charge in [-0.3, -0.25) is 9.69 Å². The number of amides is 1. The van der Waals surface area contributed by atoms with Crippen molar-refractivity contribution < 1.29 is 18.0 Å². The van der Waals surface area contributed by atoms with Gasteiger partial charge in [-0.15, -0.1) is 5.10 Å². The zero-order chi connectivity index (χ0) is 23.8. The van der Waals surface area contributed by atoms with E-state index < -0.39 is 12.0 Å². The van der Waals surface area contributed by atoms with Gasteiger partial charge in [0.15, 0.2) is 0 Å². The Labute approximate surface area is 188 Å². The molecule has 0 radical (unpaired) electrons. The molecule has 0 unspecified atom stereocenters. The number of piperazine rings is 1. The van der Waals surface area contributed by atoms with E-state index in [1.807, 2.05) is 12.1 Å². The fourth-order valence-corrected chi connectivity index (χ4v) is 3.95. The van der Waals surface area contributed by atoms with Gasteiger partial charge in [-0.2, -0.15) is 23.4 Å². The number of aromatic nitrogens is 4. The van der Waals surface area contributed by atoms with Crippen molar-refractivity contribution in [3.63, 3.8) is 0 Å². The molecular weight excluding hydrogens is 435 g/mol. The van der Waals surface area contributed by atoms with Gasteiger partial charge in [0.2, 0.25) is 5.91 Å². The Morgan fingerprint density at radius 3 is 2.36 bits per heavy atom. The minimum atomic E-state index is -4.67.